The van der Waals surface area contributed by atoms with Crippen LogP contribution in [0.5, 0.6) is 0 Å². The first-order valence-electron chi connectivity index (χ1n) is 7.13. The molecule has 0 atom stereocenters. The van der Waals surface area contributed by atoms with Gasteiger partial charge in [0.15, 0.2) is 0 Å². The van der Waals surface area contributed by atoms with Crippen molar-refractivity contribution in [2.75, 3.05) is 29.6 Å². The third-order valence-corrected chi connectivity index (χ3v) is 4.30. The molecule has 0 heterocycles. The largest absolute Gasteiger partial charge is 0.375 e. The van der Waals surface area contributed by atoms with E-state index in [4.69, 9.17) is 5.73 Å². The van der Waals surface area contributed by atoms with Gasteiger partial charge in [0, 0.05) is 23.3 Å². The van der Waals surface area contributed by atoms with Gasteiger partial charge in [0.05, 0.1) is 12.3 Å². The normalized spacial score (nSPS) is 10.1. The van der Waals surface area contributed by atoms with Crippen molar-refractivity contribution in [3.05, 3.63) is 54.6 Å². The summed E-state index contributed by atoms with van der Waals surface area (Å²) < 4.78 is 0. The number of para-hydroxylation sites is 2. The van der Waals surface area contributed by atoms with Crippen molar-refractivity contribution in [3.63, 3.8) is 0 Å². The van der Waals surface area contributed by atoms with Gasteiger partial charge in [-0.25, -0.2) is 0 Å². The van der Waals surface area contributed by atoms with Gasteiger partial charge in [-0.1, -0.05) is 30.3 Å². The van der Waals surface area contributed by atoms with E-state index in [-0.39, 0.29) is 24.1 Å². The monoisotopic (exact) mass is 329 g/mol. The molecular formula is C17H19N3O2S. The minimum absolute atomic E-state index is 0.0501. The molecule has 0 aliphatic carbocycles. The van der Waals surface area contributed by atoms with Crippen molar-refractivity contribution in [2.45, 2.75) is 4.90 Å². The van der Waals surface area contributed by atoms with E-state index in [0.717, 1.165) is 16.3 Å². The molecule has 0 fully saturated rings. The molecule has 0 saturated heterocycles. The number of thioether (sulfide) groups is 1. The predicted molar refractivity (Wildman–Crippen MR) is 94.7 cm³/mol. The summed E-state index contributed by atoms with van der Waals surface area (Å²) in [5.74, 6) is -0.216. The number of benzene rings is 2. The Hall–Kier alpha value is -2.47. The second-order valence-electron chi connectivity index (χ2n) is 4.89. The molecule has 0 spiro atoms. The number of rotatable bonds is 7. The highest BCUT2D eigenvalue weighted by Crippen LogP contribution is 2.26. The molecule has 2 amide bonds. The fourth-order valence-corrected chi connectivity index (χ4v) is 2.74. The van der Waals surface area contributed by atoms with Gasteiger partial charge in [-0.3, -0.25) is 9.59 Å². The first-order valence-corrected chi connectivity index (χ1v) is 8.12. The Morgan fingerprint density at radius 2 is 1.74 bits per heavy atom. The molecule has 0 aliphatic heterocycles. The Labute approximate surface area is 139 Å². The molecule has 0 radical (unpaired) electrons. The van der Waals surface area contributed by atoms with Gasteiger partial charge in [-0.05, 0) is 24.3 Å². The van der Waals surface area contributed by atoms with E-state index < -0.39 is 0 Å². The fraction of sp³-hybridized carbons (Fsp3) is 0.176. The lowest BCUT2D eigenvalue weighted by atomic mass is 10.3. The lowest BCUT2D eigenvalue weighted by Gasteiger charge is -2.18. The highest BCUT2D eigenvalue weighted by Gasteiger charge is 2.11. The molecule has 120 valence electrons. The van der Waals surface area contributed by atoms with Crippen LogP contribution in [0.2, 0.25) is 0 Å². The zero-order valence-electron chi connectivity index (χ0n) is 12.9. The van der Waals surface area contributed by atoms with E-state index >= 15 is 0 Å². The number of carbonyl (C=O) groups excluding carboxylic acids is 2. The topological polar surface area (TPSA) is 75.4 Å². The summed E-state index contributed by atoms with van der Waals surface area (Å²) in [4.78, 5) is 25.7. The number of nitrogens with one attached hydrogen (secondary N) is 1. The lowest BCUT2D eigenvalue weighted by molar-refractivity contribution is -0.117. The SMILES string of the molecule is CN(C(=O)CNc1ccccc1SCC(N)=O)c1ccccc1. The molecule has 2 aromatic rings. The number of hydrogen-bond acceptors (Lipinski definition) is 4. The van der Waals surface area contributed by atoms with E-state index in [2.05, 4.69) is 5.32 Å². The molecule has 2 aromatic carbocycles. The molecule has 0 aliphatic rings. The highest BCUT2D eigenvalue weighted by atomic mass is 32.2. The first-order chi connectivity index (χ1) is 11.1. The standard InChI is InChI=1S/C17H19N3O2S/c1-20(13-7-3-2-4-8-13)17(22)11-19-14-9-5-6-10-15(14)23-12-16(18)21/h2-10,19H,11-12H2,1H3,(H2,18,21). The molecule has 2 rings (SSSR count). The number of amides is 2. The van der Waals surface area contributed by atoms with Gasteiger partial charge in [0.25, 0.3) is 0 Å². The zero-order valence-corrected chi connectivity index (χ0v) is 13.7. The van der Waals surface area contributed by atoms with E-state index in [1.165, 1.54) is 11.8 Å². The van der Waals surface area contributed by atoms with Crippen molar-refractivity contribution in [1.29, 1.82) is 0 Å². The maximum absolute atomic E-state index is 12.3. The first kappa shape index (κ1) is 16.9. The van der Waals surface area contributed by atoms with Gasteiger partial charge in [-0.15, -0.1) is 11.8 Å². The van der Waals surface area contributed by atoms with Crippen molar-refractivity contribution >= 4 is 35.0 Å². The fourth-order valence-electron chi connectivity index (χ4n) is 1.97. The van der Waals surface area contributed by atoms with E-state index in [1.54, 1.807) is 11.9 Å². The molecule has 3 N–H and O–H groups in total. The summed E-state index contributed by atoms with van der Waals surface area (Å²) in [7, 11) is 1.74. The van der Waals surface area contributed by atoms with Crippen molar-refractivity contribution in [2.24, 2.45) is 5.73 Å². The summed E-state index contributed by atoms with van der Waals surface area (Å²) in [6, 6.07) is 17.0. The molecule has 23 heavy (non-hydrogen) atoms. The number of nitrogens with two attached hydrogens (primary N) is 1. The Morgan fingerprint density at radius 3 is 2.43 bits per heavy atom. The molecule has 0 unspecified atom stereocenters. The van der Waals surface area contributed by atoms with Crippen molar-refractivity contribution in [3.8, 4) is 0 Å². The lowest BCUT2D eigenvalue weighted by Crippen LogP contribution is -2.32. The molecule has 6 heteroatoms. The average Bonchev–Trinajstić information content (AvgIpc) is 2.58. The molecular weight excluding hydrogens is 310 g/mol. The maximum atomic E-state index is 12.3. The zero-order chi connectivity index (χ0) is 16.7. The van der Waals surface area contributed by atoms with Crippen LogP contribution in [0.1, 0.15) is 0 Å². The smallest absolute Gasteiger partial charge is 0.246 e. The Bertz CT molecular complexity index is 677. The Kier molecular flexibility index (Phi) is 6.05. The van der Waals surface area contributed by atoms with Gasteiger partial charge < -0.3 is 16.0 Å². The molecule has 0 aromatic heterocycles. The average molecular weight is 329 g/mol. The van der Waals surface area contributed by atoms with Crippen LogP contribution in [-0.2, 0) is 9.59 Å². The van der Waals surface area contributed by atoms with Crippen LogP contribution in [0.15, 0.2) is 59.5 Å². The Morgan fingerprint density at radius 1 is 1.09 bits per heavy atom. The Balaban J connectivity index is 1.97. The highest BCUT2D eigenvalue weighted by molar-refractivity contribution is 8.00. The number of anilines is 2. The minimum Gasteiger partial charge on any atom is -0.375 e. The van der Waals surface area contributed by atoms with Crippen LogP contribution in [-0.4, -0.2) is 31.2 Å². The minimum atomic E-state index is -0.371. The molecule has 5 nitrogen and oxygen atoms in total. The van der Waals surface area contributed by atoms with Crippen LogP contribution < -0.4 is 16.0 Å². The van der Waals surface area contributed by atoms with E-state index in [0.29, 0.717) is 0 Å². The number of carbonyl (C=O) groups is 2. The summed E-state index contributed by atoms with van der Waals surface area (Å²) in [5.41, 5.74) is 6.83. The van der Waals surface area contributed by atoms with Gasteiger partial charge in [0.2, 0.25) is 11.8 Å². The summed E-state index contributed by atoms with van der Waals surface area (Å²) >= 11 is 1.35. The summed E-state index contributed by atoms with van der Waals surface area (Å²) in [6.45, 7) is 0.166. The quantitative estimate of drug-likeness (QED) is 0.765. The second-order valence-corrected chi connectivity index (χ2v) is 5.91. The molecule has 0 saturated carbocycles. The van der Waals surface area contributed by atoms with Crippen molar-refractivity contribution < 1.29 is 9.59 Å². The second kappa shape index (κ2) is 8.24. The predicted octanol–water partition coefficient (Wildman–Crippen LogP) is 2.34. The third-order valence-electron chi connectivity index (χ3n) is 3.20. The maximum Gasteiger partial charge on any atom is 0.246 e. The van der Waals surface area contributed by atoms with Gasteiger partial charge in [-0.2, -0.15) is 0 Å². The van der Waals surface area contributed by atoms with Crippen LogP contribution in [0.25, 0.3) is 0 Å². The third kappa shape index (κ3) is 5.03. The van der Waals surface area contributed by atoms with Crippen molar-refractivity contribution in [1.82, 2.24) is 0 Å². The number of likely N-dealkylation sites (N-methyl/N-ethyl adjacent to an activating group) is 1. The number of hydrogen-bond donors (Lipinski definition) is 2. The molecule has 0 bridgehead atoms. The number of primary amides is 1. The van der Waals surface area contributed by atoms with Crippen LogP contribution in [0, 0.1) is 0 Å². The van der Waals surface area contributed by atoms with Gasteiger partial charge in [0.1, 0.15) is 0 Å². The summed E-state index contributed by atoms with van der Waals surface area (Å²) in [5, 5.41) is 3.12. The van der Waals surface area contributed by atoms with Crippen LogP contribution >= 0.6 is 11.8 Å². The number of nitrogens with zero attached hydrogens (tertiary/aromatic N) is 1. The van der Waals surface area contributed by atoms with Gasteiger partial charge >= 0.3 is 0 Å². The summed E-state index contributed by atoms with van der Waals surface area (Å²) in [6.07, 6.45) is 0. The van der Waals surface area contributed by atoms with Crippen LogP contribution in [0.3, 0.4) is 0 Å². The van der Waals surface area contributed by atoms with E-state index in [1.807, 2.05) is 54.6 Å². The van der Waals surface area contributed by atoms with E-state index in [9.17, 15) is 9.59 Å². The van der Waals surface area contributed by atoms with Crippen LogP contribution in [0.4, 0.5) is 11.4 Å².